The zero-order valence-electron chi connectivity index (χ0n) is 10.9. The summed E-state index contributed by atoms with van der Waals surface area (Å²) in [6.07, 6.45) is 1.70. The normalized spacial score (nSPS) is 19.4. The molecule has 0 aromatic carbocycles. The zero-order chi connectivity index (χ0) is 13.0. The van der Waals surface area contributed by atoms with Crippen LogP contribution in [0.25, 0.3) is 0 Å². The molecule has 18 heavy (non-hydrogen) atoms. The largest absolute Gasteiger partial charge is 0.381 e. The maximum absolute atomic E-state index is 11.8. The number of nitrogens with zero attached hydrogens (tertiary/aromatic N) is 1. The molecule has 1 aromatic heterocycles. The lowest BCUT2D eigenvalue weighted by atomic mass is 10.1. The van der Waals surface area contributed by atoms with Gasteiger partial charge in [0.1, 0.15) is 0 Å². The second-order valence-corrected chi connectivity index (χ2v) is 5.16. The molecule has 0 unspecified atom stereocenters. The van der Waals surface area contributed by atoms with E-state index in [0.717, 1.165) is 18.5 Å². The first kappa shape index (κ1) is 13.1. The molecular weight excluding hydrogens is 232 g/mol. The average Bonchev–Trinajstić information content (AvgIpc) is 2.95. The molecule has 1 aliphatic rings. The standard InChI is InChI=1S/C13H20N2O3/c1-9(2)5-11-6-12(18-15-11)7-14-13(16)10-3-4-17-8-10/h6,9-10H,3-5,7-8H2,1-2H3,(H,14,16)/t10-/m0/s1. The van der Waals surface area contributed by atoms with Gasteiger partial charge in [-0.2, -0.15) is 0 Å². The highest BCUT2D eigenvalue weighted by atomic mass is 16.5. The van der Waals surface area contributed by atoms with E-state index in [1.165, 1.54) is 0 Å². The highest BCUT2D eigenvalue weighted by Crippen LogP contribution is 2.13. The van der Waals surface area contributed by atoms with Crippen LogP contribution >= 0.6 is 0 Å². The fourth-order valence-electron chi connectivity index (χ4n) is 2.01. The van der Waals surface area contributed by atoms with E-state index in [4.69, 9.17) is 9.26 Å². The van der Waals surface area contributed by atoms with Crippen molar-refractivity contribution in [3.8, 4) is 0 Å². The fourth-order valence-corrected chi connectivity index (χ4v) is 2.01. The van der Waals surface area contributed by atoms with Gasteiger partial charge in [0.2, 0.25) is 5.91 Å². The molecule has 1 amide bonds. The van der Waals surface area contributed by atoms with E-state index in [1.54, 1.807) is 0 Å². The molecule has 2 heterocycles. The second-order valence-electron chi connectivity index (χ2n) is 5.16. The highest BCUT2D eigenvalue weighted by Gasteiger charge is 2.23. The van der Waals surface area contributed by atoms with E-state index in [0.29, 0.717) is 31.4 Å². The van der Waals surface area contributed by atoms with Gasteiger partial charge in [0.05, 0.1) is 24.8 Å². The highest BCUT2D eigenvalue weighted by molar-refractivity contribution is 5.78. The van der Waals surface area contributed by atoms with E-state index in [2.05, 4.69) is 24.3 Å². The molecule has 0 bridgehead atoms. The number of ether oxygens (including phenoxy) is 1. The molecule has 0 spiro atoms. The number of nitrogens with one attached hydrogen (secondary N) is 1. The Morgan fingerprint density at radius 1 is 1.61 bits per heavy atom. The molecule has 5 heteroatoms. The minimum absolute atomic E-state index is 0.0111. The summed E-state index contributed by atoms with van der Waals surface area (Å²) in [5.41, 5.74) is 0.943. The van der Waals surface area contributed by atoms with Crippen LogP contribution in [-0.2, 0) is 22.5 Å². The van der Waals surface area contributed by atoms with Gasteiger partial charge in [-0.3, -0.25) is 4.79 Å². The predicted molar refractivity (Wildman–Crippen MR) is 65.8 cm³/mol. The van der Waals surface area contributed by atoms with Crippen molar-refractivity contribution in [2.24, 2.45) is 11.8 Å². The van der Waals surface area contributed by atoms with Crippen LogP contribution in [0.3, 0.4) is 0 Å². The van der Waals surface area contributed by atoms with Gasteiger partial charge in [-0.25, -0.2) is 0 Å². The lowest BCUT2D eigenvalue weighted by Crippen LogP contribution is -2.30. The number of hydrogen-bond donors (Lipinski definition) is 1. The number of hydrogen-bond acceptors (Lipinski definition) is 4. The van der Waals surface area contributed by atoms with Crippen LogP contribution in [0, 0.1) is 11.8 Å². The minimum Gasteiger partial charge on any atom is -0.381 e. The van der Waals surface area contributed by atoms with Crippen molar-refractivity contribution in [3.05, 3.63) is 17.5 Å². The Labute approximate surface area is 107 Å². The summed E-state index contributed by atoms with van der Waals surface area (Å²) in [4.78, 5) is 11.8. The van der Waals surface area contributed by atoms with Gasteiger partial charge < -0.3 is 14.6 Å². The first-order chi connectivity index (χ1) is 8.65. The van der Waals surface area contributed by atoms with Crippen LogP contribution in [0.2, 0.25) is 0 Å². The molecule has 0 aliphatic carbocycles. The Balaban J connectivity index is 1.79. The Morgan fingerprint density at radius 2 is 2.44 bits per heavy atom. The van der Waals surface area contributed by atoms with Crippen LogP contribution in [-0.4, -0.2) is 24.3 Å². The molecule has 1 N–H and O–H groups in total. The molecule has 1 atom stereocenters. The van der Waals surface area contributed by atoms with Crippen molar-refractivity contribution in [1.82, 2.24) is 10.5 Å². The third-order valence-corrected chi connectivity index (χ3v) is 2.96. The molecule has 2 rings (SSSR count). The SMILES string of the molecule is CC(C)Cc1cc(CNC(=O)[C@H]2CCOC2)on1. The first-order valence-electron chi connectivity index (χ1n) is 6.45. The summed E-state index contributed by atoms with van der Waals surface area (Å²) in [6.45, 7) is 5.88. The van der Waals surface area contributed by atoms with Crippen LogP contribution in [0.4, 0.5) is 0 Å². The van der Waals surface area contributed by atoms with E-state index in [1.807, 2.05) is 6.07 Å². The van der Waals surface area contributed by atoms with Gasteiger partial charge in [-0.15, -0.1) is 0 Å². The number of carbonyl (C=O) groups is 1. The Hall–Kier alpha value is -1.36. The second kappa shape index (κ2) is 6.00. The third-order valence-electron chi connectivity index (χ3n) is 2.96. The molecular formula is C13H20N2O3. The van der Waals surface area contributed by atoms with Crippen molar-refractivity contribution in [2.45, 2.75) is 33.2 Å². The topological polar surface area (TPSA) is 64.4 Å². The fraction of sp³-hybridized carbons (Fsp3) is 0.692. The van der Waals surface area contributed by atoms with Crippen molar-refractivity contribution >= 4 is 5.91 Å². The molecule has 0 radical (unpaired) electrons. The van der Waals surface area contributed by atoms with Gasteiger partial charge in [-0.1, -0.05) is 19.0 Å². The summed E-state index contributed by atoms with van der Waals surface area (Å²) in [5.74, 6) is 1.28. The van der Waals surface area contributed by atoms with Crippen molar-refractivity contribution in [2.75, 3.05) is 13.2 Å². The van der Waals surface area contributed by atoms with Gasteiger partial charge in [0, 0.05) is 12.7 Å². The number of aromatic nitrogens is 1. The van der Waals surface area contributed by atoms with Gasteiger partial charge in [0.25, 0.3) is 0 Å². The van der Waals surface area contributed by atoms with Crippen molar-refractivity contribution < 1.29 is 14.1 Å². The van der Waals surface area contributed by atoms with Crippen LogP contribution in [0.1, 0.15) is 31.7 Å². The van der Waals surface area contributed by atoms with E-state index >= 15 is 0 Å². The Kier molecular flexibility index (Phi) is 4.36. The summed E-state index contributed by atoms with van der Waals surface area (Å²) >= 11 is 0. The zero-order valence-corrected chi connectivity index (χ0v) is 10.9. The Bertz CT molecular complexity index is 395. The maximum Gasteiger partial charge on any atom is 0.225 e. The van der Waals surface area contributed by atoms with Gasteiger partial charge >= 0.3 is 0 Å². The van der Waals surface area contributed by atoms with Gasteiger partial charge in [-0.05, 0) is 18.8 Å². The van der Waals surface area contributed by atoms with E-state index in [-0.39, 0.29) is 11.8 Å². The minimum atomic E-state index is -0.0111. The third kappa shape index (κ3) is 3.57. The first-order valence-corrected chi connectivity index (χ1v) is 6.45. The molecule has 1 saturated heterocycles. The Morgan fingerprint density at radius 3 is 3.11 bits per heavy atom. The smallest absolute Gasteiger partial charge is 0.225 e. The molecule has 5 nitrogen and oxygen atoms in total. The predicted octanol–water partition coefficient (Wildman–Crippen LogP) is 1.53. The summed E-state index contributed by atoms with van der Waals surface area (Å²) in [6, 6.07) is 1.91. The number of carbonyl (C=O) groups excluding carboxylic acids is 1. The molecule has 0 saturated carbocycles. The monoisotopic (exact) mass is 252 g/mol. The van der Waals surface area contributed by atoms with Crippen molar-refractivity contribution in [1.29, 1.82) is 0 Å². The molecule has 1 aliphatic heterocycles. The van der Waals surface area contributed by atoms with Crippen LogP contribution in [0.15, 0.2) is 10.6 Å². The summed E-state index contributed by atoms with van der Waals surface area (Å²) < 4.78 is 10.4. The van der Waals surface area contributed by atoms with E-state index in [9.17, 15) is 4.79 Å². The lowest BCUT2D eigenvalue weighted by molar-refractivity contribution is -0.125. The molecule has 1 aromatic rings. The van der Waals surface area contributed by atoms with E-state index < -0.39 is 0 Å². The van der Waals surface area contributed by atoms with Gasteiger partial charge in [0.15, 0.2) is 5.76 Å². The molecule has 1 fully saturated rings. The van der Waals surface area contributed by atoms with Crippen LogP contribution < -0.4 is 5.32 Å². The maximum atomic E-state index is 11.8. The summed E-state index contributed by atoms with van der Waals surface area (Å²) in [7, 11) is 0. The quantitative estimate of drug-likeness (QED) is 0.863. The number of rotatable bonds is 5. The number of amides is 1. The summed E-state index contributed by atoms with van der Waals surface area (Å²) in [5, 5.41) is 6.84. The average molecular weight is 252 g/mol. The van der Waals surface area contributed by atoms with Crippen LogP contribution in [0.5, 0.6) is 0 Å². The molecule has 100 valence electrons. The van der Waals surface area contributed by atoms with Crippen molar-refractivity contribution in [3.63, 3.8) is 0 Å². The lowest BCUT2D eigenvalue weighted by Gasteiger charge is -2.06.